The molecule has 1 fully saturated rings. The molecule has 1 saturated heterocycles. The Morgan fingerprint density at radius 2 is 2.14 bits per heavy atom. The molecule has 0 aromatic heterocycles. The number of hydrogen-bond acceptors (Lipinski definition) is 3. The number of carbonyl (C=O) groups is 1. The van der Waals surface area contributed by atoms with Crippen LogP contribution in [0.3, 0.4) is 0 Å². The Bertz CT molecular complexity index is 498. The Balaban J connectivity index is 1.82. The fourth-order valence-corrected chi connectivity index (χ4v) is 2.34. The van der Waals surface area contributed by atoms with Gasteiger partial charge in [-0.25, -0.2) is 0 Å². The quantitative estimate of drug-likeness (QED) is 0.835. The molecule has 0 saturated carbocycles. The molecule has 0 spiro atoms. The van der Waals surface area contributed by atoms with Crippen molar-refractivity contribution in [3.05, 3.63) is 24.3 Å². The van der Waals surface area contributed by atoms with E-state index in [2.05, 4.69) is 10.6 Å². The normalized spacial score (nSPS) is 17.3. The average molecular weight is 307 g/mol. The van der Waals surface area contributed by atoms with Crippen LogP contribution in [-0.4, -0.2) is 37.3 Å². The van der Waals surface area contributed by atoms with E-state index in [1.807, 2.05) is 24.3 Å². The third kappa shape index (κ3) is 4.68. The van der Waals surface area contributed by atoms with Gasteiger partial charge in [0.25, 0.3) is 0 Å². The Labute approximate surface area is 130 Å². The highest BCUT2D eigenvalue weighted by Gasteiger charge is 2.15. The number of nitrogens with zero attached hydrogens (tertiary/aromatic N) is 1. The van der Waals surface area contributed by atoms with Crippen molar-refractivity contribution in [2.45, 2.75) is 25.9 Å². The Hall–Kier alpha value is -1.66. The van der Waals surface area contributed by atoms with Crippen LogP contribution in [0.25, 0.3) is 0 Å². The van der Waals surface area contributed by atoms with Crippen LogP contribution < -0.4 is 15.5 Å². The molecule has 1 aliphatic rings. The molecule has 2 N–H and O–H groups in total. The number of carbonyl (C=O) groups excluding carboxylic acids is 1. The predicted molar refractivity (Wildman–Crippen MR) is 88.7 cm³/mol. The van der Waals surface area contributed by atoms with Crippen LogP contribution in [0.1, 0.15) is 19.8 Å². The van der Waals surface area contributed by atoms with E-state index in [1.165, 1.54) is 6.92 Å². The monoisotopic (exact) mass is 307 g/mol. The topological polar surface area (TPSA) is 53.6 Å². The summed E-state index contributed by atoms with van der Waals surface area (Å²) in [5.74, 6) is 0.00413. The van der Waals surface area contributed by atoms with Crippen LogP contribution in [-0.2, 0) is 9.53 Å². The van der Waals surface area contributed by atoms with Gasteiger partial charge in [-0.3, -0.25) is 4.79 Å². The van der Waals surface area contributed by atoms with Crippen LogP contribution in [0.5, 0.6) is 0 Å². The van der Waals surface area contributed by atoms with E-state index >= 15 is 0 Å². The second-order valence-electron chi connectivity index (χ2n) is 5.09. The Morgan fingerprint density at radius 1 is 1.43 bits per heavy atom. The highest BCUT2D eigenvalue weighted by atomic mass is 32.1. The Morgan fingerprint density at radius 3 is 2.71 bits per heavy atom. The molecule has 1 aliphatic heterocycles. The van der Waals surface area contributed by atoms with E-state index in [0.29, 0.717) is 5.11 Å². The first-order valence-corrected chi connectivity index (χ1v) is 7.48. The molecule has 1 unspecified atom stereocenters. The maximum atomic E-state index is 11.3. The molecule has 2 rings (SSSR count). The summed E-state index contributed by atoms with van der Waals surface area (Å²) < 4.78 is 5.53. The average Bonchev–Trinajstić information content (AvgIpc) is 2.98. The number of amides is 1. The lowest BCUT2D eigenvalue weighted by Crippen LogP contribution is -2.34. The van der Waals surface area contributed by atoms with Gasteiger partial charge in [0.05, 0.1) is 6.10 Å². The summed E-state index contributed by atoms with van der Waals surface area (Å²) in [5, 5.41) is 6.86. The van der Waals surface area contributed by atoms with Crippen molar-refractivity contribution < 1.29 is 9.53 Å². The Kier molecular flexibility index (Phi) is 5.52. The van der Waals surface area contributed by atoms with E-state index in [1.54, 1.807) is 11.9 Å². The highest BCUT2D eigenvalue weighted by Crippen LogP contribution is 2.17. The van der Waals surface area contributed by atoms with Gasteiger partial charge in [0, 0.05) is 38.5 Å². The van der Waals surface area contributed by atoms with Gasteiger partial charge in [-0.15, -0.1) is 0 Å². The predicted octanol–water partition coefficient (Wildman–Crippen LogP) is 2.13. The van der Waals surface area contributed by atoms with E-state index in [4.69, 9.17) is 17.0 Å². The summed E-state index contributed by atoms with van der Waals surface area (Å²) in [6, 6.07) is 7.56. The number of ether oxygens (including phenoxy) is 1. The third-order valence-corrected chi connectivity index (χ3v) is 3.75. The zero-order chi connectivity index (χ0) is 15.2. The molecule has 0 aliphatic carbocycles. The number of anilines is 2. The minimum Gasteiger partial charge on any atom is -0.376 e. The largest absolute Gasteiger partial charge is 0.376 e. The number of rotatable bonds is 4. The third-order valence-electron chi connectivity index (χ3n) is 3.50. The molecular weight excluding hydrogens is 286 g/mol. The van der Waals surface area contributed by atoms with Gasteiger partial charge in [0.1, 0.15) is 0 Å². The smallest absolute Gasteiger partial charge is 0.223 e. The van der Waals surface area contributed by atoms with Gasteiger partial charge in [0.2, 0.25) is 5.91 Å². The zero-order valence-electron chi connectivity index (χ0n) is 12.4. The number of nitrogens with one attached hydrogen (secondary N) is 2. The van der Waals surface area contributed by atoms with E-state index in [9.17, 15) is 4.79 Å². The maximum Gasteiger partial charge on any atom is 0.223 e. The van der Waals surface area contributed by atoms with Crippen molar-refractivity contribution in [3.63, 3.8) is 0 Å². The molecule has 1 aromatic rings. The molecule has 1 atom stereocenters. The first kappa shape index (κ1) is 15.7. The second-order valence-corrected chi connectivity index (χ2v) is 5.50. The van der Waals surface area contributed by atoms with Gasteiger partial charge in [0.15, 0.2) is 5.11 Å². The summed E-state index contributed by atoms with van der Waals surface area (Å²) in [5.41, 5.74) is 1.74. The molecule has 1 heterocycles. The molecule has 1 amide bonds. The van der Waals surface area contributed by atoms with Crippen molar-refractivity contribution in [2.24, 2.45) is 0 Å². The van der Waals surface area contributed by atoms with Crippen molar-refractivity contribution in [1.29, 1.82) is 0 Å². The van der Waals surface area contributed by atoms with Gasteiger partial charge >= 0.3 is 0 Å². The van der Waals surface area contributed by atoms with Crippen LogP contribution in [0, 0.1) is 0 Å². The summed E-state index contributed by atoms with van der Waals surface area (Å²) in [7, 11) is 1.75. The molecule has 0 radical (unpaired) electrons. The standard InChI is InChI=1S/C15H21N3O2S/c1-11(19)18(2)13-7-5-12(6-8-13)17-15(21)16-10-14-4-3-9-20-14/h5-8,14H,3-4,9-10H2,1-2H3,(H2,16,17,21). The lowest BCUT2D eigenvalue weighted by molar-refractivity contribution is -0.116. The maximum absolute atomic E-state index is 11.3. The second kappa shape index (κ2) is 7.38. The minimum absolute atomic E-state index is 0.00413. The molecule has 5 nitrogen and oxygen atoms in total. The van der Waals surface area contributed by atoms with Crippen LogP contribution in [0.4, 0.5) is 11.4 Å². The van der Waals surface area contributed by atoms with Crippen molar-refractivity contribution in [2.75, 3.05) is 30.4 Å². The lowest BCUT2D eigenvalue weighted by Gasteiger charge is -2.16. The molecule has 1 aromatic carbocycles. The SMILES string of the molecule is CC(=O)N(C)c1ccc(NC(=S)NCC2CCCO2)cc1. The molecule has 6 heteroatoms. The summed E-state index contributed by atoms with van der Waals surface area (Å²) in [4.78, 5) is 12.9. The van der Waals surface area contributed by atoms with Gasteiger partial charge in [-0.05, 0) is 49.3 Å². The van der Waals surface area contributed by atoms with Crippen molar-refractivity contribution in [3.8, 4) is 0 Å². The zero-order valence-corrected chi connectivity index (χ0v) is 13.2. The summed E-state index contributed by atoms with van der Waals surface area (Å²) in [6.07, 6.45) is 2.47. The number of hydrogen-bond donors (Lipinski definition) is 2. The number of benzene rings is 1. The van der Waals surface area contributed by atoms with Gasteiger partial charge < -0.3 is 20.3 Å². The van der Waals surface area contributed by atoms with Crippen LogP contribution in [0.2, 0.25) is 0 Å². The molecule has 0 bridgehead atoms. The van der Waals surface area contributed by atoms with E-state index in [-0.39, 0.29) is 12.0 Å². The van der Waals surface area contributed by atoms with Crippen LogP contribution in [0.15, 0.2) is 24.3 Å². The number of thiocarbonyl (C=S) groups is 1. The van der Waals surface area contributed by atoms with Crippen LogP contribution >= 0.6 is 12.2 Å². The van der Waals surface area contributed by atoms with Gasteiger partial charge in [-0.2, -0.15) is 0 Å². The fourth-order valence-electron chi connectivity index (χ4n) is 2.14. The summed E-state index contributed by atoms with van der Waals surface area (Å²) >= 11 is 5.25. The molecule has 114 valence electrons. The minimum atomic E-state index is 0.00413. The lowest BCUT2D eigenvalue weighted by atomic mass is 10.2. The fraction of sp³-hybridized carbons (Fsp3) is 0.467. The van der Waals surface area contributed by atoms with Crippen molar-refractivity contribution >= 4 is 34.6 Å². The van der Waals surface area contributed by atoms with Crippen molar-refractivity contribution in [1.82, 2.24) is 5.32 Å². The summed E-state index contributed by atoms with van der Waals surface area (Å²) in [6.45, 7) is 3.12. The molecule has 21 heavy (non-hydrogen) atoms. The van der Waals surface area contributed by atoms with Gasteiger partial charge in [-0.1, -0.05) is 0 Å². The van der Waals surface area contributed by atoms with E-state index < -0.39 is 0 Å². The first-order valence-electron chi connectivity index (χ1n) is 7.07. The van der Waals surface area contributed by atoms with E-state index in [0.717, 1.165) is 37.4 Å². The molecular formula is C15H21N3O2S. The first-order chi connectivity index (χ1) is 10.1. The highest BCUT2D eigenvalue weighted by molar-refractivity contribution is 7.80.